The molecule has 0 bridgehead atoms. The van der Waals surface area contributed by atoms with Crippen molar-refractivity contribution >= 4 is 20.0 Å². The zero-order valence-corrected chi connectivity index (χ0v) is 27.1. The Kier molecular flexibility index (Phi) is 11.8. The molecule has 2 heterocycles. The predicted octanol–water partition coefficient (Wildman–Crippen LogP) is 7.34. The maximum Gasteiger partial charge on any atom is 4.00 e. The van der Waals surface area contributed by atoms with Crippen LogP contribution >= 0.6 is 11.8 Å². The van der Waals surface area contributed by atoms with Crippen molar-refractivity contribution in [1.82, 2.24) is 4.90 Å². The van der Waals surface area contributed by atoms with Gasteiger partial charge in [0.15, 0.2) is 0 Å². The van der Waals surface area contributed by atoms with Gasteiger partial charge in [0.1, 0.15) is 0 Å². The first-order chi connectivity index (χ1) is 13.4. The summed E-state index contributed by atoms with van der Waals surface area (Å²) in [6.45, 7) is 19.2. The Morgan fingerprint density at radius 2 is 1.70 bits per heavy atom. The number of thioether (sulfide) groups is 1. The van der Waals surface area contributed by atoms with E-state index in [0.717, 1.165) is 28.5 Å². The normalized spacial score (nSPS) is 41.9. The average Bonchev–Trinajstić information content (AvgIpc) is 3.14. The average molecular weight is 529 g/mol. The molecular formula is C27H52N2OSSiTi. The molecule has 4 rings (SSSR count). The van der Waals surface area contributed by atoms with Crippen molar-refractivity contribution < 1.29 is 26.5 Å². The Bertz CT molecular complexity index is 682. The molecule has 0 radical (unpaired) electrons. The maximum atomic E-state index is 6.01. The van der Waals surface area contributed by atoms with Crippen molar-refractivity contribution in [2.45, 2.75) is 95.6 Å². The van der Waals surface area contributed by atoms with Crippen LogP contribution in [0, 0.1) is 51.9 Å². The van der Waals surface area contributed by atoms with Crippen LogP contribution in [-0.4, -0.2) is 56.3 Å². The number of fused-ring (bicyclic) bond motifs is 5. The van der Waals surface area contributed by atoms with Crippen molar-refractivity contribution in [3.8, 4) is 0 Å². The molecule has 0 N–H and O–H groups in total. The number of allylic oxidation sites excluding steroid dienone is 2. The Hall–Kier alpha value is 0.901. The molecule has 33 heavy (non-hydrogen) atoms. The van der Waals surface area contributed by atoms with Gasteiger partial charge in [-0.1, -0.05) is 62.0 Å². The van der Waals surface area contributed by atoms with E-state index < -0.39 is 8.24 Å². The van der Waals surface area contributed by atoms with Gasteiger partial charge in [0.25, 0.3) is 0 Å². The number of methoxy groups -OCH3 is 1. The van der Waals surface area contributed by atoms with Crippen LogP contribution in [0.1, 0.15) is 48.0 Å². The molecule has 0 aromatic rings. The summed E-state index contributed by atoms with van der Waals surface area (Å²) in [5.41, 5.74) is 0.789. The number of ether oxygens (including phenoxy) is 1. The van der Waals surface area contributed by atoms with Crippen LogP contribution in [0.3, 0.4) is 0 Å². The summed E-state index contributed by atoms with van der Waals surface area (Å²) >= 11 is 2.19. The molecule has 190 valence electrons. The van der Waals surface area contributed by atoms with E-state index in [0.29, 0.717) is 30.0 Å². The molecule has 0 spiro atoms. The largest absolute Gasteiger partial charge is 4.00 e. The first-order valence-corrected chi connectivity index (χ1v) is 15.6. The summed E-state index contributed by atoms with van der Waals surface area (Å²) in [4.78, 5) is 9.93. The van der Waals surface area contributed by atoms with E-state index in [1.165, 1.54) is 6.42 Å². The van der Waals surface area contributed by atoms with E-state index in [2.05, 4.69) is 84.4 Å². The molecule has 2 saturated carbocycles. The summed E-state index contributed by atoms with van der Waals surface area (Å²) in [7, 11) is 2.58. The SMILES string of the molecule is COC1C(C)CC2C3C4C=C(C)SC4C([Si](C)(C)[N-]C(C)(C)C)C3N(C)C2C1C.[CH3-].[CH3-].[CH3-].[Ti+4]. The summed E-state index contributed by atoms with van der Waals surface area (Å²) in [6, 6.07) is 1.35. The molecule has 0 aromatic carbocycles. The van der Waals surface area contributed by atoms with Crippen molar-refractivity contribution in [2.75, 3.05) is 14.2 Å². The van der Waals surface area contributed by atoms with Gasteiger partial charge >= 0.3 is 21.7 Å². The van der Waals surface area contributed by atoms with E-state index in [9.17, 15) is 0 Å². The first kappa shape index (κ1) is 33.9. The van der Waals surface area contributed by atoms with Crippen LogP contribution in [-0.2, 0) is 26.5 Å². The topological polar surface area (TPSA) is 26.6 Å². The number of nitrogens with zero attached hydrogens (tertiary/aromatic N) is 2. The second kappa shape index (κ2) is 11.5. The Morgan fingerprint density at radius 1 is 1.12 bits per heavy atom. The standard InChI is InChI=1S/C24H43N2OSSi.3CH3.Ti/c1-13-11-16-18-17-12-14(2)28-22(17)23(29(9,10)25-24(4,5)6)20(18)26(7)19(16)15(3)21(13)27-8;;;;/h12-13,15-23H,11H2,1-10H3;3*1H3;/q4*-1;+4. The van der Waals surface area contributed by atoms with E-state index >= 15 is 0 Å². The van der Waals surface area contributed by atoms with Crippen LogP contribution in [0.2, 0.25) is 18.6 Å². The fourth-order valence-corrected chi connectivity index (χ4v) is 15.1. The molecule has 4 aliphatic rings. The molecule has 1 saturated heterocycles. The van der Waals surface area contributed by atoms with Gasteiger partial charge in [-0.2, -0.15) is 0 Å². The minimum absolute atomic E-state index is 0. The predicted molar refractivity (Wildman–Crippen MR) is 148 cm³/mol. The Labute approximate surface area is 228 Å². The van der Waals surface area contributed by atoms with Crippen LogP contribution in [0.4, 0.5) is 0 Å². The maximum absolute atomic E-state index is 6.01. The van der Waals surface area contributed by atoms with Crippen LogP contribution in [0.15, 0.2) is 11.0 Å². The summed E-state index contributed by atoms with van der Waals surface area (Å²) in [6.07, 6.45) is 4.37. The molecule has 3 nitrogen and oxygen atoms in total. The third-order valence-corrected chi connectivity index (χ3v) is 13.7. The second-order valence-electron chi connectivity index (χ2n) is 12.1. The van der Waals surface area contributed by atoms with Crippen LogP contribution in [0.25, 0.3) is 4.98 Å². The first-order valence-electron chi connectivity index (χ1n) is 11.7. The zero-order valence-electron chi connectivity index (χ0n) is 23.8. The van der Waals surface area contributed by atoms with Gasteiger partial charge in [0.05, 0.1) is 6.10 Å². The minimum Gasteiger partial charge on any atom is -0.660 e. The van der Waals surface area contributed by atoms with Crippen LogP contribution < -0.4 is 0 Å². The van der Waals surface area contributed by atoms with Crippen molar-refractivity contribution in [2.24, 2.45) is 29.6 Å². The van der Waals surface area contributed by atoms with Gasteiger partial charge in [0.2, 0.25) is 0 Å². The quantitative estimate of drug-likeness (QED) is 0.283. The fraction of sp³-hybridized carbons (Fsp3) is 0.815. The number of hydrogen-bond donors (Lipinski definition) is 0. The van der Waals surface area contributed by atoms with E-state index in [-0.39, 0.29) is 49.5 Å². The van der Waals surface area contributed by atoms with Gasteiger partial charge in [-0.15, -0.1) is 17.3 Å². The smallest absolute Gasteiger partial charge is 0.660 e. The summed E-state index contributed by atoms with van der Waals surface area (Å²) in [5, 5.41) is 0.743. The summed E-state index contributed by atoms with van der Waals surface area (Å²) < 4.78 is 6.01. The number of likely N-dealkylation sites (tertiary alicyclic amines) is 1. The monoisotopic (exact) mass is 528 g/mol. The second-order valence-corrected chi connectivity index (χ2v) is 17.7. The van der Waals surface area contributed by atoms with E-state index in [4.69, 9.17) is 9.72 Å². The van der Waals surface area contributed by atoms with Crippen LogP contribution in [0.5, 0.6) is 0 Å². The van der Waals surface area contributed by atoms with Crippen molar-refractivity contribution in [1.29, 1.82) is 0 Å². The molecule has 2 aliphatic carbocycles. The summed E-state index contributed by atoms with van der Waals surface area (Å²) in [5.74, 6) is 3.61. The van der Waals surface area contributed by atoms with Gasteiger partial charge in [-0.3, -0.25) is 4.90 Å². The third kappa shape index (κ3) is 5.60. The van der Waals surface area contributed by atoms with Crippen molar-refractivity contribution in [3.05, 3.63) is 38.2 Å². The fourth-order valence-electron chi connectivity index (χ4n) is 8.33. The van der Waals surface area contributed by atoms with Gasteiger partial charge in [-0.05, 0) is 60.4 Å². The molecular weight excluding hydrogens is 476 g/mol. The van der Waals surface area contributed by atoms with E-state index in [1.807, 2.05) is 7.11 Å². The van der Waals surface area contributed by atoms with Crippen molar-refractivity contribution in [3.63, 3.8) is 0 Å². The van der Waals surface area contributed by atoms with Gasteiger partial charge in [0, 0.05) is 24.4 Å². The van der Waals surface area contributed by atoms with Gasteiger partial charge in [-0.25, -0.2) is 0 Å². The number of hydrogen-bond acceptors (Lipinski definition) is 3. The molecule has 3 fully saturated rings. The minimum atomic E-state index is -1.78. The molecule has 6 heteroatoms. The zero-order chi connectivity index (χ0) is 21.5. The third-order valence-electron chi connectivity index (χ3n) is 8.54. The number of rotatable bonds is 3. The Morgan fingerprint density at radius 3 is 2.21 bits per heavy atom. The molecule has 0 amide bonds. The Balaban J connectivity index is 0.00000256. The molecule has 2 aliphatic heterocycles. The molecule has 10 unspecified atom stereocenters. The van der Waals surface area contributed by atoms with Gasteiger partial charge < -0.3 is 32.0 Å². The van der Waals surface area contributed by atoms with E-state index in [1.54, 1.807) is 4.91 Å². The molecule has 10 atom stereocenters. The molecule has 0 aromatic heterocycles.